The third-order valence-electron chi connectivity index (χ3n) is 3.91. The van der Waals surface area contributed by atoms with Gasteiger partial charge in [-0.1, -0.05) is 6.07 Å². The lowest BCUT2D eigenvalue weighted by atomic mass is 9.89. The second-order valence-electron chi connectivity index (χ2n) is 5.54. The maximum atomic E-state index is 12.6. The lowest BCUT2D eigenvalue weighted by molar-refractivity contribution is -0.141. The maximum absolute atomic E-state index is 12.6. The molecule has 1 aromatic heterocycles. The molecule has 2 N–H and O–H groups in total. The molecule has 2 unspecified atom stereocenters. The molecule has 0 aromatic carbocycles. The Labute approximate surface area is 129 Å². The molecule has 1 fully saturated rings. The van der Waals surface area contributed by atoms with Crippen LogP contribution in [0, 0.1) is 0 Å². The van der Waals surface area contributed by atoms with Crippen molar-refractivity contribution in [2.24, 2.45) is 0 Å². The van der Waals surface area contributed by atoms with E-state index in [1.54, 1.807) is 0 Å². The average Bonchev–Trinajstić information content (AvgIpc) is 3.01. The Morgan fingerprint density at radius 3 is 2.90 bits per heavy atom. The van der Waals surface area contributed by atoms with Crippen molar-refractivity contribution >= 4 is 23.2 Å². The minimum atomic E-state index is -0.552. The largest absolute Gasteiger partial charge is 0.469 e. The predicted octanol–water partition coefficient (Wildman–Crippen LogP) is 2.00. The van der Waals surface area contributed by atoms with E-state index < -0.39 is 5.54 Å². The van der Waals surface area contributed by atoms with E-state index in [4.69, 9.17) is 4.74 Å². The summed E-state index contributed by atoms with van der Waals surface area (Å²) in [6.07, 6.45) is 3.10. The summed E-state index contributed by atoms with van der Waals surface area (Å²) in [4.78, 5) is 25.1. The van der Waals surface area contributed by atoms with Gasteiger partial charge in [0.25, 0.3) is 0 Å². The van der Waals surface area contributed by atoms with Gasteiger partial charge in [-0.15, -0.1) is 11.3 Å². The third kappa shape index (κ3) is 4.04. The van der Waals surface area contributed by atoms with E-state index in [0.29, 0.717) is 0 Å². The first-order valence-electron chi connectivity index (χ1n) is 7.21. The molecule has 2 atom stereocenters. The Hall–Kier alpha value is -1.40. The van der Waals surface area contributed by atoms with E-state index in [0.717, 1.165) is 30.7 Å². The van der Waals surface area contributed by atoms with Crippen LogP contribution >= 0.6 is 11.3 Å². The van der Waals surface area contributed by atoms with Crippen LogP contribution in [-0.2, 0) is 14.3 Å². The van der Waals surface area contributed by atoms with Gasteiger partial charge >= 0.3 is 5.97 Å². The highest BCUT2D eigenvalue weighted by molar-refractivity contribution is 7.10. The van der Waals surface area contributed by atoms with E-state index in [9.17, 15) is 9.59 Å². The number of methoxy groups -OCH3 is 1. The summed E-state index contributed by atoms with van der Waals surface area (Å²) in [6.45, 7) is 2.77. The Morgan fingerprint density at radius 2 is 2.33 bits per heavy atom. The summed E-state index contributed by atoms with van der Waals surface area (Å²) in [5, 5.41) is 8.23. The lowest BCUT2D eigenvalue weighted by Crippen LogP contribution is -2.57. The van der Waals surface area contributed by atoms with Gasteiger partial charge in [0.1, 0.15) is 0 Å². The molecule has 1 saturated heterocycles. The van der Waals surface area contributed by atoms with Crippen LogP contribution in [0.15, 0.2) is 17.5 Å². The van der Waals surface area contributed by atoms with E-state index in [2.05, 4.69) is 10.6 Å². The fraction of sp³-hybridized carbons (Fsp3) is 0.600. The molecule has 1 aromatic rings. The number of amides is 1. The number of esters is 1. The minimum Gasteiger partial charge on any atom is -0.469 e. The molecule has 0 aliphatic carbocycles. The van der Waals surface area contributed by atoms with Gasteiger partial charge in [0.15, 0.2) is 0 Å². The quantitative estimate of drug-likeness (QED) is 0.816. The van der Waals surface area contributed by atoms with Crippen molar-refractivity contribution in [2.45, 2.75) is 44.2 Å². The molecule has 0 radical (unpaired) electrons. The van der Waals surface area contributed by atoms with Crippen LogP contribution in [0.5, 0.6) is 0 Å². The second-order valence-corrected chi connectivity index (χ2v) is 6.52. The molecule has 1 aliphatic heterocycles. The molecule has 6 heteroatoms. The predicted molar refractivity (Wildman–Crippen MR) is 82.1 cm³/mol. The summed E-state index contributed by atoms with van der Waals surface area (Å²) >= 11 is 1.53. The van der Waals surface area contributed by atoms with E-state index in [-0.39, 0.29) is 24.3 Å². The van der Waals surface area contributed by atoms with E-state index in [1.165, 1.54) is 18.4 Å². The van der Waals surface area contributed by atoms with Crippen LogP contribution in [0.2, 0.25) is 0 Å². The molecule has 2 rings (SSSR count). The number of hydrogen-bond donors (Lipinski definition) is 2. The lowest BCUT2D eigenvalue weighted by Gasteiger charge is -2.34. The Kier molecular flexibility index (Phi) is 5.36. The average molecular weight is 310 g/mol. The maximum Gasteiger partial charge on any atom is 0.307 e. The molecule has 1 aliphatic rings. The molecular formula is C15H22N2O3S. The van der Waals surface area contributed by atoms with Crippen LogP contribution in [0.3, 0.4) is 0 Å². The third-order valence-corrected chi connectivity index (χ3v) is 4.90. The zero-order chi connectivity index (χ0) is 15.3. The molecule has 2 heterocycles. The zero-order valence-corrected chi connectivity index (χ0v) is 13.3. The monoisotopic (exact) mass is 310 g/mol. The van der Waals surface area contributed by atoms with Crippen molar-refractivity contribution in [3.05, 3.63) is 22.4 Å². The van der Waals surface area contributed by atoms with Gasteiger partial charge in [0, 0.05) is 4.88 Å². The first kappa shape index (κ1) is 16.0. The summed E-state index contributed by atoms with van der Waals surface area (Å²) in [6, 6.07) is 3.51. The molecule has 0 spiro atoms. The number of thiophene rings is 1. The van der Waals surface area contributed by atoms with Crippen molar-refractivity contribution < 1.29 is 14.3 Å². The molecule has 21 heavy (non-hydrogen) atoms. The van der Waals surface area contributed by atoms with Gasteiger partial charge in [-0.05, 0) is 44.2 Å². The first-order valence-corrected chi connectivity index (χ1v) is 8.09. The summed E-state index contributed by atoms with van der Waals surface area (Å²) < 4.78 is 4.73. The molecular weight excluding hydrogens is 288 g/mol. The van der Waals surface area contributed by atoms with Crippen molar-refractivity contribution in [2.75, 3.05) is 13.7 Å². The first-order chi connectivity index (χ1) is 10.0. The molecule has 116 valence electrons. The van der Waals surface area contributed by atoms with Crippen LogP contribution in [-0.4, -0.2) is 31.1 Å². The van der Waals surface area contributed by atoms with Crippen molar-refractivity contribution in [3.63, 3.8) is 0 Å². The molecule has 5 nitrogen and oxygen atoms in total. The number of ether oxygens (including phenoxy) is 1. The van der Waals surface area contributed by atoms with Gasteiger partial charge < -0.3 is 15.4 Å². The van der Waals surface area contributed by atoms with Gasteiger partial charge in [0.05, 0.1) is 25.1 Å². The fourth-order valence-electron chi connectivity index (χ4n) is 2.53. The van der Waals surface area contributed by atoms with Gasteiger partial charge in [0.2, 0.25) is 5.91 Å². The Balaban J connectivity index is 2.07. The molecule has 0 saturated carbocycles. The number of carbonyl (C=O) groups excluding carboxylic acids is 2. The smallest absolute Gasteiger partial charge is 0.307 e. The van der Waals surface area contributed by atoms with Gasteiger partial charge in [-0.3, -0.25) is 9.59 Å². The number of hydrogen-bond acceptors (Lipinski definition) is 5. The van der Waals surface area contributed by atoms with Crippen LogP contribution in [0.1, 0.15) is 43.5 Å². The summed E-state index contributed by atoms with van der Waals surface area (Å²) in [5.41, 5.74) is -0.552. The normalized spacial score (nSPS) is 23.3. The van der Waals surface area contributed by atoms with Crippen molar-refractivity contribution in [1.29, 1.82) is 0 Å². The number of piperidine rings is 1. The second kappa shape index (κ2) is 7.04. The topological polar surface area (TPSA) is 67.4 Å². The van der Waals surface area contributed by atoms with E-state index >= 15 is 0 Å². The van der Waals surface area contributed by atoms with E-state index in [1.807, 2.05) is 24.4 Å². The van der Waals surface area contributed by atoms with Crippen molar-refractivity contribution in [1.82, 2.24) is 10.6 Å². The van der Waals surface area contributed by atoms with Gasteiger partial charge in [-0.25, -0.2) is 0 Å². The van der Waals surface area contributed by atoms with Crippen molar-refractivity contribution in [3.8, 4) is 0 Å². The minimum absolute atomic E-state index is 0.0514. The fourth-order valence-corrected chi connectivity index (χ4v) is 3.31. The highest BCUT2D eigenvalue weighted by Gasteiger charge is 2.36. The molecule has 1 amide bonds. The van der Waals surface area contributed by atoms with Gasteiger partial charge in [-0.2, -0.15) is 0 Å². The Morgan fingerprint density at radius 1 is 1.52 bits per heavy atom. The summed E-state index contributed by atoms with van der Waals surface area (Å²) in [5.74, 6) is -0.375. The zero-order valence-electron chi connectivity index (χ0n) is 12.5. The highest BCUT2D eigenvalue weighted by Crippen LogP contribution is 2.25. The number of carbonyl (C=O) groups is 2. The SMILES string of the molecule is COC(=O)CC(NC(=O)C1(C)CCCCN1)c1cccs1. The Bertz CT molecular complexity index is 481. The van der Waals surface area contributed by atoms with Crippen LogP contribution in [0.25, 0.3) is 0 Å². The standard InChI is InChI=1S/C15H22N2O3S/c1-15(7-3-4-8-16-15)14(19)17-11(10-13(18)20-2)12-6-5-9-21-12/h5-6,9,11,16H,3-4,7-8,10H2,1-2H3,(H,17,19). The summed E-state index contributed by atoms with van der Waals surface area (Å²) in [7, 11) is 1.36. The number of rotatable bonds is 5. The molecule has 0 bridgehead atoms. The van der Waals surface area contributed by atoms with Crippen LogP contribution in [0.4, 0.5) is 0 Å². The highest BCUT2D eigenvalue weighted by atomic mass is 32.1. The number of nitrogens with one attached hydrogen (secondary N) is 2. The van der Waals surface area contributed by atoms with Crippen LogP contribution < -0.4 is 10.6 Å².